The molecule has 3 aromatic rings. The van der Waals surface area contributed by atoms with Gasteiger partial charge < -0.3 is 10.2 Å². The topological polar surface area (TPSA) is 67.2 Å². The molecule has 0 saturated heterocycles. The number of rotatable bonds is 8. The van der Waals surface area contributed by atoms with Gasteiger partial charge in [0, 0.05) is 24.1 Å². The van der Waals surface area contributed by atoms with E-state index in [-0.39, 0.29) is 24.3 Å². The maximum absolute atomic E-state index is 13.0. The van der Waals surface area contributed by atoms with E-state index in [1.54, 1.807) is 9.58 Å². The Balaban J connectivity index is 1.59. The Morgan fingerprint density at radius 2 is 1.78 bits per heavy atom. The van der Waals surface area contributed by atoms with Gasteiger partial charge in [-0.1, -0.05) is 61.9 Å². The Kier molecular flexibility index (Phi) is 6.40. The molecule has 0 radical (unpaired) electrons. The van der Waals surface area contributed by atoms with Crippen molar-refractivity contribution in [3.8, 4) is 16.9 Å². The van der Waals surface area contributed by atoms with Gasteiger partial charge in [-0.15, -0.1) is 0 Å². The highest BCUT2D eigenvalue weighted by Gasteiger charge is 2.34. The lowest BCUT2D eigenvalue weighted by Gasteiger charge is -2.24. The molecular formula is C26H30N4O2. The van der Waals surface area contributed by atoms with Crippen molar-refractivity contribution < 1.29 is 9.59 Å². The van der Waals surface area contributed by atoms with Crippen LogP contribution < -0.4 is 5.32 Å². The number of hydrogen-bond acceptors (Lipinski definition) is 3. The van der Waals surface area contributed by atoms with Crippen LogP contribution in [0.25, 0.3) is 16.9 Å². The summed E-state index contributed by atoms with van der Waals surface area (Å²) in [4.78, 5) is 27.4. The summed E-state index contributed by atoms with van der Waals surface area (Å²) in [7, 11) is 0. The van der Waals surface area contributed by atoms with Crippen molar-refractivity contribution in [3.63, 3.8) is 0 Å². The van der Waals surface area contributed by atoms with E-state index in [0.29, 0.717) is 18.3 Å². The standard InChI is InChI=1S/C26H30N4O2/c1-18(2)16-29(26(32)21-11-12-21)17-25(31)27-24-15-23(20-7-5-4-6-8-20)28-30(24)22-13-9-19(3)10-14-22/h4-10,13-15,18,21H,11-12,16-17H2,1-3H3,(H,27,31). The van der Waals surface area contributed by atoms with Crippen LogP contribution in [0.1, 0.15) is 32.3 Å². The summed E-state index contributed by atoms with van der Waals surface area (Å²) >= 11 is 0. The van der Waals surface area contributed by atoms with Gasteiger partial charge in [-0.25, -0.2) is 4.68 Å². The van der Waals surface area contributed by atoms with E-state index < -0.39 is 0 Å². The first-order chi connectivity index (χ1) is 15.4. The van der Waals surface area contributed by atoms with Gasteiger partial charge in [0.15, 0.2) is 0 Å². The van der Waals surface area contributed by atoms with Gasteiger partial charge in [0.25, 0.3) is 0 Å². The molecule has 4 rings (SSSR count). The molecule has 1 heterocycles. The lowest BCUT2D eigenvalue weighted by molar-refractivity contribution is -0.136. The molecule has 2 amide bonds. The number of nitrogens with zero attached hydrogens (tertiary/aromatic N) is 3. The Labute approximate surface area is 189 Å². The van der Waals surface area contributed by atoms with Crippen molar-refractivity contribution in [2.75, 3.05) is 18.4 Å². The van der Waals surface area contributed by atoms with Crippen LogP contribution in [-0.4, -0.2) is 39.6 Å². The second-order valence-electron chi connectivity index (χ2n) is 8.96. The fraction of sp³-hybridized carbons (Fsp3) is 0.346. The zero-order chi connectivity index (χ0) is 22.7. The van der Waals surface area contributed by atoms with Crippen LogP contribution >= 0.6 is 0 Å². The number of anilines is 1. The maximum Gasteiger partial charge on any atom is 0.245 e. The number of amides is 2. The Morgan fingerprint density at radius 1 is 1.09 bits per heavy atom. The monoisotopic (exact) mass is 430 g/mol. The van der Waals surface area contributed by atoms with Crippen LogP contribution in [0.5, 0.6) is 0 Å². The lowest BCUT2D eigenvalue weighted by atomic mass is 10.1. The zero-order valence-electron chi connectivity index (χ0n) is 18.9. The minimum Gasteiger partial charge on any atom is -0.333 e. The van der Waals surface area contributed by atoms with Gasteiger partial charge in [-0.3, -0.25) is 9.59 Å². The Morgan fingerprint density at radius 3 is 2.41 bits per heavy atom. The van der Waals surface area contributed by atoms with E-state index in [4.69, 9.17) is 5.10 Å². The summed E-state index contributed by atoms with van der Waals surface area (Å²) in [5.74, 6) is 0.844. The molecule has 6 heteroatoms. The van der Waals surface area contributed by atoms with Gasteiger partial charge >= 0.3 is 0 Å². The molecule has 0 spiro atoms. The number of carbonyl (C=O) groups excluding carboxylic acids is 2. The molecule has 0 atom stereocenters. The molecule has 166 valence electrons. The van der Waals surface area contributed by atoms with Gasteiger partial charge in [0.2, 0.25) is 11.8 Å². The highest BCUT2D eigenvalue weighted by Crippen LogP contribution is 2.31. The molecular weight excluding hydrogens is 400 g/mol. The SMILES string of the molecule is Cc1ccc(-n2nc(-c3ccccc3)cc2NC(=O)CN(CC(C)C)C(=O)C2CC2)cc1. The molecule has 1 fully saturated rings. The molecule has 0 unspecified atom stereocenters. The number of benzene rings is 2. The van der Waals surface area contributed by atoms with Crippen molar-refractivity contribution >= 4 is 17.6 Å². The number of nitrogens with one attached hydrogen (secondary N) is 1. The van der Waals surface area contributed by atoms with Crippen LogP contribution in [0, 0.1) is 18.8 Å². The molecule has 0 aliphatic heterocycles. The van der Waals surface area contributed by atoms with E-state index >= 15 is 0 Å². The van der Waals surface area contributed by atoms with Crippen molar-refractivity contribution in [1.82, 2.24) is 14.7 Å². The number of carbonyl (C=O) groups is 2. The molecule has 1 saturated carbocycles. The van der Waals surface area contributed by atoms with E-state index in [2.05, 4.69) is 19.2 Å². The molecule has 0 bridgehead atoms. The molecule has 6 nitrogen and oxygen atoms in total. The third kappa shape index (κ3) is 5.25. The van der Waals surface area contributed by atoms with Gasteiger partial charge in [0.05, 0.1) is 17.9 Å². The van der Waals surface area contributed by atoms with Crippen LogP contribution in [0.3, 0.4) is 0 Å². The van der Waals surface area contributed by atoms with Gasteiger partial charge in [-0.05, 0) is 37.8 Å². The summed E-state index contributed by atoms with van der Waals surface area (Å²) < 4.78 is 1.75. The molecule has 1 aliphatic rings. The van der Waals surface area contributed by atoms with Crippen molar-refractivity contribution in [2.45, 2.75) is 33.6 Å². The second kappa shape index (κ2) is 9.39. The maximum atomic E-state index is 13.0. The fourth-order valence-corrected chi connectivity index (χ4v) is 3.72. The molecule has 32 heavy (non-hydrogen) atoms. The zero-order valence-corrected chi connectivity index (χ0v) is 18.9. The lowest BCUT2D eigenvalue weighted by Crippen LogP contribution is -2.41. The van der Waals surface area contributed by atoms with E-state index in [1.807, 2.05) is 67.6 Å². The van der Waals surface area contributed by atoms with Crippen LogP contribution in [0.2, 0.25) is 0 Å². The van der Waals surface area contributed by atoms with Crippen LogP contribution in [0.4, 0.5) is 5.82 Å². The Hall–Kier alpha value is -3.41. The summed E-state index contributed by atoms with van der Waals surface area (Å²) in [5.41, 5.74) is 3.76. The summed E-state index contributed by atoms with van der Waals surface area (Å²) in [6.45, 7) is 6.78. The number of aromatic nitrogens is 2. The predicted octanol–water partition coefficient (Wildman–Crippen LogP) is 4.68. The highest BCUT2D eigenvalue weighted by molar-refractivity contribution is 5.95. The number of hydrogen-bond donors (Lipinski definition) is 1. The Bertz CT molecular complexity index is 1080. The minimum absolute atomic E-state index is 0.0489. The molecule has 1 aromatic heterocycles. The fourth-order valence-electron chi connectivity index (χ4n) is 3.72. The van der Waals surface area contributed by atoms with Crippen molar-refractivity contribution in [1.29, 1.82) is 0 Å². The molecule has 1 N–H and O–H groups in total. The minimum atomic E-state index is -0.215. The average Bonchev–Trinajstić information content (AvgIpc) is 3.54. The predicted molar refractivity (Wildman–Crippen MR) is 127 cm³/mol. The summed E-state index contributed by atoms with van der Waals surface area (Å²) in [5, 5.41) is 7.76. The first kappa shape index (κ1) is 21.8. The highest BCUT2D eigenvalue weighted by atomic mass is 16.2. The third-order valence-corrected chi connectivity index (χ3v) is 5.48. The van der Waals surface area contributed by atoms with E-state index in [9.17, 15) is 9.59 Å². The summed E-state index contributed by atoms with van der Waals surface area (Å²) in [6, 6.07) is 19.7. The van der Waals surface area contributed by atoms with Crippen molar-refractivity contribution in [2.24, 2.45) is 11.8 Å². The van der Waals surface area contributed by atoms with Crippen LogP contribution in [-0.2, 0) is 9.59 Å². The number of aryl methyl sites for hydroxylation is 1. The van der Waals surface area contributed by atoms with Gasteiger partial charge in [0.1, 0.15) is 5.82 Å². The second-order valence-corrected chi connectivity index (χ2v) is 8.96. The first-order valence-corrected chi connectivity index (χ1v) is 11.2. The molecule has 2 aromatic carbocycles. The average molecular weight is 431 g/mol. The summed E-state index contributed by atoms with van der Waals surface area (Å²) in [6.07, 6.45) is 1.85. The quantitative estimate of drug-likeness (QED) is 0.564. The smallest absolute Gasteiger partial charge is 0.245 e. The normalized spacial score (nSPS) is 13.2. The van der Waals surface area contributed by atoms with Gasteiger partial charge in [-0.2, -0.15) is 5.10 Å². The van der Waals surface area contributed by atoms with E-state index in [1.165, 1.54) is 0 Å². The largest absolute Gasteiger partial charge is 0.333 e. The van der Waals surface area contributed by atoms with Crippen LogP contribution in [0.15, 0.2) is 60.7 Å². The van der Waals surface area contributed by atoms with Crippen molar-refractivity contribution in [3.05, 3.63) is 66.2 Å². The molecule has 1 aliphatic carbocycles. The third-order valence-electron chi connectivity index (χ3n) is 5.48. The first-order valence-electron chi connectivity index (χ1n) is 11.2. The van der Waals surface area contributed by atoms with E-state index in [0.717, 1.165) is 35.3 Å².